The number of hydrogen-bond donors (Lipinski definition) is 0. The van der Waals surface area contributed by atoms with Crippen LogP contribution in [0.2, 0.25) is 0 Å². The van der Waals surface area contributed by atoms with Crippen LogP contribution >= 0.6 is 0 Å². The molecule has 0 aliphatic carbocycles. The molecule has 0 radical (unpaired) electrons. The zero-order chi connectivity index (χ0) is 16.1. The Hall–Kier alpha value is -2.90. The first-order valence-electron chi connectivity index (χ1n) is 6.69. The SMILES string of the molecule is CCn1ccc(CN(C)C(=O)/C=C/c2ccc([N+](=O)[O-])o2)n1. The van der Waals surface area contributed by atoms with Gasteiger partial charge in [0, 0.05) is 25.9 Å². The molecule has 116 valence electrons. The molecule has 0 aromatic carbocycles. The molecule has 0 spiro atoms. The van der Waals surface area contributed by atoms with Crippen LogP contribution in [0.15, 0.2) is 34.9 Å². The molecule has 2 aromatic rings. The van der Waals surface area contributed by atoms with Crippen molar-refractivity contribution in [3.63, 3.8) is 0 Å². The zero-order valence-corrected chi connectivity index (χ0v) is 12.3. The van der Waals surface area contributed by atoms with Gasteiger partial charge in [0.15, 0.2) is 0 Å². The lowest BCUT2D eigenvalue weighted by molar-refractivity contribution is -0.402. The van der Waals surface area contributed by atoms with E-state index in [4.69, 9.17) is 4.42 Å². The highest BCUT2D eigenvalue weighted by molar-refractivity contribution is 5.91. The highest BCUT2D eigenvalue weighted by atomic mass is 16.6. The number of likely N-dealkylation sites (N-methyl/N-ethyl adjacent to an activating group) is 1. The Morgan fingerprint density at radius 1 is 1.50 bits per heavy atom. The fourth-order valence-corrected chi connectivity index (χ4v) is 1.80. The molecule has 1 amide bonds. The minimum atomic E-state index is -0.630. The summed E-state index contributed by atoms with van der Waals surface area (Å²) in [6.07, 6.45) is 4.56. The molecule has 0 atom stereocenters. The van der Waals surface area contributed by atoms with Gasteiger partial charge in [-0.15, -0.1) is 0 Å². The number of aryl methyl sites for hydroxylation is 1. The van der Waals surface area contributed by atoms with Gasteiger partial charge in [0.2, 0.25) is 5.91 Å². The number of furan rings is 1. The Bertz CT molecular complexity index is 701. The Morgan fingerprint density at radius 2 is 2.27 bits per heavy atom. The molecule has 0 saturated carbocycles. The number of nitrogens with zero attached hydrogens (tertiary/aromatic N) is 4. The van der Waals surface area contributed by atoms with Gasteiger partial charge in [-0.2, -0.15) is 5.10 Å². The molecule has 0 unspecified atom stereocenters. The molecule has 0 N–H and O–H groups in total. The first kappa shape index (κ1) is 15.5. The second kappa shape index (κ2) is 6.70. The van der Waals surface area contributed by atoms with Crippen LogP contribution in [0.5, 0.6) is 0 Å². The van der Waals surface area contributed by atoms with Gasteiger partial charge >= 0.3 is 5.88 Å². The summed E-state index contributed by atoms with van der Waals surface area (Å²) >= 11 is 0. The molecule has 8 heteroatoms. The largest absolute Gasteiger partial charge is 0.433 e. The summed E-state index contributed by atoms with van der Waals surface area (Å²) in [5.74, 6) is -0.348. The molecule has 22 heavy (non-hydrogen) atoms. The molecule has 0 fully saturated rings. The molecule has 2 heterocycles. The van der Waals surface area contributed by atoms with E-state index in [-0.39, 0.29) is 17.6 Å². The Labute approximate surface area is 126 Å². The third-order valence-electron chi connectivity index (χ3n) is 2.98. The van der Waals surface area contributed by atoms with Crippen molar-refractivity contribution in [2.45, 2.75) is 20.0 Å². The number of carbonyl (C=O) groups is 1. The molecular formula is C14H16N4O4. The Morgan fingerprint density at radius 3 is 2.86 bits per heavy atom. The lowest BCUT2D eigenvalue weighted by atomic mass is 10.3. The van der Waals surface area contributed by atoms with E-state index in [1.165, 1.54) is 29.2 Å². The number of amides is 1. The molecule has 2 aromatic heterocycles. The quantitative estimate of drug-likeness (QED) is 0.462. The van der Waals surface area contributed by atoms with Crippen LogP contribution in [-0.2, 0) is 17.9 Å². The minimum absolute atomic E-state index is 0.245. The fourth-order valence-electron chi connectivity index (χ4n) is 1.80. The molecule has 0 bridgehead atoms. The third kappa shape index (κ3) is 3.81. The maximum Gasteiger partial charge on any atom is 0.433 e. The van der Waals surface area contributed by atoms with Gasteiger partial charge in [0.1, 0.15) is 10.7 Å². The van der Waals surface area contributed by atoms with Crippen molar-refractivity contribution in [2.24, 2.45) is 0 Å². The van der Waals surface area contributed by atoms with Crippen LogP contribution in [0.25, 0.3) is 6.08 Å². The summed E-state index contributed by atoms with van der Waals surface area (Å²) in [5, 5.41) is 14.8. The van der Waals surface area contributed by atoms with E-state index in [9.17, 15) is 14.9 Å². The summed E-state index contributed by atoms with van der Waals surface area (Å²) < 4.78 is 6.72. The van der Waals surface area contributed by atoms with Gasteiger partial charge in [-0.3, -0.25) is 19.6 Å². The van der Waals surface area contributed by atoms with Crippen molar-refractivity contribution in [3.8, 4) is 0 Å². The number of rotatable bonds is 6. The second-order valence-electron chi connectivity index (χ2n) is 4.62. The lowest BCUT2D eigenvalue weighted by Gasteiger charge is -2.12. The highest BCUT2D eigenvalue weighted by Crippen LogP contribution is 2.16. The van der Waals surface area contributed by atoms with Gasteiger partial charge in [-0.05, 0) is 25.1 Å². The topological polar surface area (TPSA) is 94.4 Å². The normalized spacial score (nSPS) is 11.0. The predicted octanol–water partition coefficient (Wildman–Crippen LogP) is 2.08. The van der Waals surface area contributed by atoms with Crippen molar-refractivity contribution in [1.82, 2.24) is 14.7 Å². The van der Waals surface area contributed by atoms with E-state index in [0.29, 0.717) is 6.54 Å². The number of aromatic nitrogens is 2. The lowest BCUT2D eigenvalue weighted by Crippen LogP contribution is -2.24. The average Bonchev–Trinajstić information content (AvgIpc) is 3.13. The average molecular weight is 304 g/mol. The zero-order valence-electron chi connectivity index (χ0n) is 12.3. The smallest absolute Gasteiger partial charge is 0.401 e. The number of hydrogen-bond acceptors (Lipinski definition) is 5. The van der Waals surface area contributed by atoms with Gasteiger partial charge in [0.25, 0.3) is 0 Å². The van der Waals surface area contributed by atoms with E-state index >= 15 is 0 Å². The van der Waals surface area contributed by atoms with Crippen molar-refractivity contribution in [3.05, 3.63) is 52.0 Å². The van der Waals surface area contributed by atoms with Gasteiger partial charge < -0.3 is 9.32 Å². The molecule has 0 saturated heterocycles. The molecule has 0 aliphatic rings. The van der Waals surface area contributed by atoms with E-state index in [1.807, 2.05) is 19.2 Å². The second-order valence-corrected chi connectivity index (χ2v) is 4.62. The van der Waals surface area contributed by atoms with Gasteiger partial charge in [0.05, 0.1) is 18.3 Å². The van der Waals surface area contributed by atoms with Crippen LogP contribution in [0, 0.1) is 10.1 Å². The van der Waals surface area contributed by atoms with Gasteiger partial charge in [-0.1, -0.05) is 0 Å². The third-order valence-corrected chi connectivity index (χ3v) is 2.98. The van der Waals surface area contributed by atoms with Gasteiger partial charge in [-0.25, -0.2) is 0 Å². The van der Waals surface area contributed by atoms with E-state index in [1.54, 1.807) is 11.7 Å². The summed E-state index contributed by atoms with van der Waals surface area (Å²) in [6, 6.07) is 4.53. The standard InChI is InChI=1S/C14H16N4O4/c1-3-17-9-8-11(15-17)10-16(2)13(19)6-4-12-5-7-14(22-12)18(20)21/h4-9H,3,10H2,1-2H3/b6-4+. The fraction of sp³-hybridized carbons (Fsp3) is 0.286. The monoisotopic (exact) mass is 304 g/mol. The molecular weight excluding hydrogens is 288 g/mol. The molecule has 2 rings (SSSR count). The molecule has 0 aliphatic heterocycles. The Balaban J connectivity index is 1.95. The highest BCUT2D eigenvalue weighted by Gasteiger charge is 2.11. The van der Waals surface area contributed by atoms with Crippen molar-refractivity contribution in [2.75, 3.05) is 7.05 Å². The predicted molar refractivity (Wildman–Crippen MR) is 78.8 cm³/mol. The molecule has 8 nitrogen and oxygen atoms in total. The summed E-state index contributed by atoms with van der Waals surface area (Å²) in [5.41, 5.74) is 0.791. The maximum absolute atomic E-state index is 12.0. The minimum Gasteiger partial charge on any atom is -0.401 e. The van der Waals surface area contributed by atoms with Crippen LogP contribution in [0.4, 0.5) is 5.88 Å². The van der Waals surface area contributed by atoms with Crippen LogP contribution in [0.3, 0.4) is 0 Å². The van der Waals surface area contributed by atoms with Crippen LogP contribution in [-0.4, -0.2) is 32.6 Å². The summed E-state index contributed by atoms with van der Waals surface area (Å²) in [4.78, 5) is 23.3. The first-order valence-corrected chi connectivity index (χ1v) is 6.69. The van der Waals surface area contributed by atoms with Crippen LogP contribution < -0.4 is 0 Å². The van der Waals surface area contributed by atoms with E-state index in [2.05, 4.69) is 5.10 Å². The van der Waals surface area contributed by atoms with E-state index in [0.717, 1.165) is 12.2 Å². The Kier molecular flexibility index (Phi) is 4.72. The number of carbonyl (C=O) groups excluding carboxylic acids is 1. The maximum atomic E-state index is 12.0. The number of nitro groups is 1. The van der Waals surface area contributed by atoms with Crippen molar-refractivity contribution < 1.29 is 14.1 Å². The summed E-state index contributed by atoms with van der Waals surface area (Å²) in [7, 11) is 1.65. The van der Waals surface area contributed by atoms with Crippen molar-refractivity contribution in [1.29, 1.82) is 0 Å². The summed E-state index contributed by atoms with van der Waals surface area (Å²) in [6.45, 7) is 3.14. The van der Waals surface area contributed by atoms with Crippen LogP contribution in [0.1, 0.15) is 18.4 Å². The first-order chi connectivity index (χ1) is 10.5. The van der Waals surface area contributed by atoms with Crippen molar-refractivity contribution >= 4 is 17.9 Å². The van der Waals surface area contributed by atoms with E-state index < -0.39 is 4.92 Å².